The highest BCUT2D eigenvalue weighted by molar-refractivity contribution is 7.10. The fraction of sp³-hybridized carbons (Fsp3) is 0.333. The Hall–Kier alpha value is -2.78. The molecule has 8 nitrogen and oxygen atoms in total. The second-order valence-corrected chi connectivity index (χ2v) is 7.46. The van der Waals surface area contributed by atoms with E-state index in [1.165, 1.54) is 30.8 Å². The number of carbonyl (C=O) groups excluding carboxylic acids is 1. The van der Waals surface area contributed by atoms with Gasteiger partial charge in [-0.3, -0.25) is 18.7 Å². The molecule has 0 aromatic carbocycles. The van der Waals surface area contributed by atoms with Crippen LogP contribution >= 0.6 is 11.3 Å². The maximum atomic E-state index is 12.6. The molecular weight excluding hydrogens is 366 g/mol. The van der Waals surface area contributed by atoms with Gasteiger partial charge in [0.05, 0.1) is 11.4 Å². The zero-order chi connectivity index (χ0) is 19.7. The number of thiophene rings is 1. The molecule has 0 aliphatic carbocycles. The third-order valence-corrected chi connectivity index (χ3v) is 5.46. The van der Waals surface area contributed by atoms with Gasteiger partial charge in [0.25, 0.3) is 11.5 Å². The van der Waals surface area contributed by atoms with E-state index in [1.807, 2.05) is 36.5 Å². The zero-order valence-corrected chi connectivity index (χ0v) is 16.4. The highest BCUT2D eigenvalue weighted by atomic mass is 32.1. The first kappa shape index (κ1) is 19.0. The standard InChI is InChI=1S/C18H21N5O3S/c1-21(2)13(14-6-5-9-27-14)10-19-16(24)12-8-7-11-15(20-12)22(3)18(26)23(4)17(11)25/h5-9,13H,10H2,1-4H3,(H,19,24). The van der Waals surface area contributed by atoms with Gasteiger partial charge in [0.15, 0.2) is 0 Å². The second-order valence-electron chi connectivity index (χ2n) is 6.48. The third kappa shape index (κ3) is 3.56. The van der Waals surface area contributed by atoms with Gasteiger partial charge in [-0.05, 0) is 37.7 Å². The molecule has 3 aromatic rings. The van der Waals surface area contributed by atoms with Crippen molar-refractivity contribution < 1.29 is 4.79 Å². The first-order valence-corrected chi connectivity index (χ1v) is 9.24. The van der Waals surface area contributed by atoms with Crippen LogP contribution in [0.4, 0.5) is 0 Å². The normalized spacial score (nSPS) is 12.5. The van der Waals surface area contributed by atoms with Crippen LogP contribution in [0.1, 0.15) is 21.4 Å². The van der Waals surface area contributed by atoms with Gasteiger partial charge in [-0.1, -0.05) is 6.07 Å². The molecule has 0 radical (unpaired) electrons. The van der Waals surface area contributed by atoms with Crippen LogP contribution in [-0.2, 0) is 14.1 Å². The maximum Gasteiger partial charge on any atom is 0.332 e. The minimum atomic E-state index is -0.483. The molecule has 27 heavy (non-hydrogen) atoms. The van der Waals surface area contributed by atoms with Crippen LogP contribution in [0.5, 0.6) is 0 Å². The summed E-state index contributed by atoms with van der Waals surface area (Å²) in [6, 6.07) is 7.08. The number of aryl methyl sites for hydroxylation is 1. The number of hydrogen-bond acceptors (Lipinski definition) is 6. The Balaban J connectivity index is 1.88. The van der Waals surface area contributed by atoms with Crippen molar-refractivity contribution in [3.05, 3.63) is 61.1 Å². The Kier molecular flexibility index (Phi) is 5.24. The molecule has 0 fully saturated rings. The van der Waals surface area contributed by atoms with Crippen molar-refractivity contribution in [2.24, 2.45) is 14.1 Å². The van der Waals surface area contributed by atoms with Crippen molar-refractivity contribution >= 4 is 28.3 Å². The molecule has 1 N–H and O–H groups in total. The molecule has 1 unspecified atom stereocenters. The van der Waals surface area contributed by atoms with E-state index in [4.69, 9.17) is 0 Å². The molecule has 0 spiro atoms. The van der Waals surface area contributed by atoms with E-state index in [0.717, 1.165) is 9.44 Å². The number of nitrogens with one attached hydrogen (secondary N) is 1. The Labute approximate surface area is 159 Å². The minimum absolute atomic E-state index is 0.0473. The molecule has 3 aromatic heterocycles. The van der Waals surface area contributed by atoms with Crippen LogP contribution in [0.25, 0.3) is 11.0 Å². The van der Waals surface area contributed by atoms with E-state index in [-0.39, 0.29) is 23.3 Å². The third-order valence-electron chi connectivity index (χ3n) is 4.49. The van der Waals surface area contributed by atoms with Crippen LogP contribution < -0.4 is 16.6 Å². The van der Waals surface area contributed by atoms with E-state index >= 15 is 0 Å². The SMILES string of the molecule is CN(C)C(CNC(=O)c1ccc2c(=O)n(C)c(=O)n(C)c2n1)c1cccs1. The lowest BCUT2D eigenvalue weighted by molar-refractivity contribution is 0.0937. The van der Waals surface area contributed by atoms with Gasteiger partial charge < -0.3 is 10.2 Å². The van der Waals surface area contributed by atoms with Gasteiger partial charge in [0, 0.05) is 25.5 Å². The van der Waals surface area contributed by atoms with Gasteiger partial charge in [0.2, 0.25) is 0 Å². The molecule has 9 heteroatoms. The molecule has 0 bridgehead atoms. The average Bonchev–Trinajstić information content (AvgIpc) is 3.18. The van der Waals surface area contributed by atoms with Gasteiger partial charge in [-0.25, -0.2) is 9.78 Å². The molecule has 3 rings (SSSR count). The zero-order valence-electron chi connectivity index (χ0n) is 15.6. The largest absolute Gasteiger partial charge is 0.349 e. The summed E-state index contributed by atoms with van der Waals surface area (Å²) in [5, 5.41) is 5.18. The molecule has 142 valence electrons. The van der Waals surface area contributed by atoms with Crippen molar-refractivity contribution in [2.45, 2.75) is 6.04 Å². The van der Waals surface area contributed by atoms with Gasteiger partial charge in [-0.2, -0.15) is 0 Å². The van der Waals surface area contributed by atoms with Gasteiger partial charge >= 0.3 is 5.69 Å². The van der Waals surface area contributed by atoms with Gasteiger partial charge in [0.1, 0.15) is 11.3 Å². The number of pyridine rings is 1. The topological polar surface area (TPSA) is 89.2 Å². The van der Waals surface area contributed by atoms with Crippen molar-refractivity contribution in [1.29, 1.82) is 0 Å². The predicted octanol–water partition coefficient (Wildman–Crippen LogP) is 0.726. The van der Waals surface area contributed by atoms with Crippen molar-refractivity contribution in [3.63, 3.8) is 0 Å². The monoisotopic (exact) mass is 387 g/mol. The molecular formula is C18H21N5O3S. The van der Waals surface area contributed by atoms with E-state index in [0.29, 0.717) is 11.9 Å². The second kappa shape index (κ2) is 7.45. The van der Waals surface area contributed by atoms with Crippen molar-refractivity contribution in [1.82, 2.24) is 24.3 Å². The molecule has 0 saturated heterocycles. The highest BCUT2D eigenvalue weighted by Gasteiger charge is 2.18. The van der Waals surface area contributed by atoms with Crippen LogP contribution in [0.2, 0.25) is 0 Å². The number of rotatable bonds is 5. The number of amides is 1. The number of aromatic nitrogens is 3. The van der Waals surface area contributed by atoms with E-state index in [9.17, 15) is 14.4 Å². The van der Waals surface area contributed by atoms with E-state index < -0.39 is 11.2 Å². The summed E-state index contributed by atoms with van der Waals surface area (Å²) >= 11 is 1.63. The van der Waals surface area contributed by atoms with Gasteiger partial charge in [-0.15, -0.1) is 11.3 Å². The highest BCUT2D eigenvalue weighted by Crippen LogP contribution is 2.22. The maximum absolute atomic E-state index is 12.6. The summed E-state index contributed by atoms with van der Waals surface area (Å²) in [7, 11) is 6.85. The molecule has 1 atom stereocenters. The Morgan fingerprint density at radius 3 is 2.59 bits per heavy atom. The number of fused-ring (bicyclic) bond motifs is 1. The minimum Gasteiger partial charge on any atom is -0.349 e. The van der Waals surface area contributed by atoms with Crippen molar-refractivity contribution in [2.75, 3.05) is 20.6 Å². The Morgan fingerprint density at radius 2 is 1.96 bits per heavy atom. The number of hydrogen-bond donors (Lipinski definition) is 1. The summed E-state index contributed by atoms with van der Waals surface area (Å²) in [5.41, 5.74) is -0.562. The molecule has 0 saturated carbocycles. The Morgan fingerprint density at radius 1 is 1.22 bits per heavy atom. The smallest absolute Gasteiger partial charge is 0.332 e. The molecule has 0 aliphatic rings. The van der Waals surface area contributed by atoms with Crippen molar-refractivity contribution in [3.8, 4) is 0 Å². The van der Waals surface area contributed by atoms with E-state index in [1.54, 1.807) is 11.3 Å². The average molecular weight is 387 g/mol. The lowest BCUT2D eigenvalue weighted by Gasteiger charge is -2.23. The van der Waals surface area contributed by atoms with Crippen LogP contribution in [0.3, 0.4) is 0 Å². The molecule has 1 amide bonds. The number of carbonyl (C=O) groups is 1. The lowest BCUT2D eigenvalue weighted by Crippen LogP contribution is -2.38. The Bertz CT molecular complexity index is 1100. The fourth-order valence-electron chi connectivity index (χ4n) is 2.88. The number of likely N-dealkylation sites (N-methyl/N-ethyl adjacent to an activating group) is 1. The lowest BCUT2D eigenvalue weighted by atomic mass is 10.2. The first-order chi connectivity index (χ1) is 12.8. The summed E-state index contributed by atoms with van der Waals surface area (Å²) in [4.78, 5) is 44.3. The summed E-state index contributed by atoms with van der Waals surface area (Å²) in [5.74, 6) is -0.353. The summed E-state index contributed by atoms with van der Waals surface area (Å²) < 4.78 is 2.29. The van der Waals surface area contributed by atoms with Crippen LogP contribution in [0, 0.1) is 0 Å². The van der Waals surface area contributed by atoms with Crippen LogP contribution in [0.15, 0.2) is 39.2 Å². The first-order valence-electron chi connectivity index (χ1n) is 8.36. The quantitative estimate of drug-likeness (QED) is 0.697. The molecule has 0 aliphatic heterocycles. The summed E-state index contributed by atoms with van der Waals surface area (Å²) in [6.45, 7) is 0.418. The number of nitrogens with zero attached hydrogens (tertiary/aromatic N) is 4. The summed E-state index contributed by atoms with van der Waals surface area (Å²) in [6.07, 6.45) is 0. The fourth-order valence-corrected chi connectivity index (χ4v) is 3.80. The molecule has 3 heterocycles. The predicted molar refractivity (Wildman–Crippen MR) is 105 cm³/mol. The van der Waals surface area contributed by atoms with Crippen LogP contribution in [-0.4, -0.2) is 45.6 Å². The van der Waals surface area contributed by atoms with E-state index in [2.05, 4.69) is 10.3 Å².